The van der Waals surface area contributed by atoms with Crippen LogP contribution in [0.3, 0.4) is 0 Å². The van der Waals surface area contributed by atoms with Gasteiger partial charge in [-0.25, -0.2) is 0 Å². The second-order valence-corrected chi connectivity index (χ2v) is 15.7. The molecule has 0 aromatic heterocycles. The molecule has 0 saturated heterocycles. The molecule has 0 amide bonds. The van der Waals surface area contributed by atoms with Crippen molar-refractivity contribution in [3.05, 3.63) is 72.6 Å². The molecule has 0 heterocycles. The van der Waals surface area contributed by atoms with Crippen molar-refractivity contribution in [2.75, 3.05) is 19.8 Å². The Morgan fingerprint density at radius 1 is 0.906 bits per heavy atom. The summed E-state index contributed by atoms with van der Waals surface area (Å²) in [6, 6.07) is 21.3. The maximum absolute atomic E-state index is 12.9. The second kappa shape index (κ2) is 10.2. The average Bonchev–Trinajstić information content (AvgIpc) is 3.54. The molecule has 6 heteroatoms. The lowest BCUT2D eigenvalue weighted by Gasteiger charge is -2.43. The van der Waals surface area contributed by atoms with Crippen molar-refractivity contribution in [1.29, 1.82) is 0 Å². The molecule has 1 aliphatic rings. The summed E-state index contributed by atoms with van der Waals surface area (Å²) in [6.45, 7) is 11.8. The lowest BCUT2D eigenvalue weighted by atomic mass is 10.1. The lowest BCUT2D eigenvalue weighted by molar-refractivity contribution is 0.227. The molecule has 2 aromatic rings. The van der Waals surface area contributed by atoms with Crippen molar-refractivity contribution in [3.63, 3.8) is 0 Å². The molecule has 0 spiro atoms. The highest BCUT2D eigenvalue weighted by Crippen LogP contribution is 2.55. The zero-order valence-electron chi connectivity index (χ0n) is 20.0. The molecule has 32 heavy (non-hydrogen) atoms. The number of hydrogen-bond donors (Lipinski definition) is 0. The smallest absolute Gasteiger partial charge is 0.353 e. The normalized spacial score (nSPS) is 16.4. The summed E-state index contributed by atoms with van der Waals surface area (Å²) in [5.74, 6) is 1.65. The molecule has 0 aliphatic heterocycles. The van der Waals surface area contributed by atoms with E-state index in [9.17, 15) is 4.57 Å². The summed E-state index contributed by atoms with van der Waals surface area (Å²) in [7, 11) is -5.80. The van der Waals surface area contributed by atoms with Crippen molar-refractivity contribution >= 4 is 26.3 Å². The van der Waals surface area contributed by atoms with Gasteiger partial charge in [0.15, 0.2) is 0 Å². The fraction of sp³-hybridized carbons (Fsp3) is 0.462. The van der Waals surface area contributed by atoms with Crippen molar-refractivity contribution in [1.82, 2.24) is 0 Å². The van der Waals surface area contributed by atoms with E-state index in [1.807, 2.05) is 19.9 Å². The van der Waals surface area contributed by atoms with Crippen LogP contribution in [0.2, 0.25) is 5.04 Å². The first-order valence-electron chi connectivity index (χ1n) is 11.5. The molecular weight excluding hydrogens is 435 g/mol. The monoisotopic (exact) mass is 472 g/mol. The van der Waals surface area contributed by atoms with Crippen LogP contribution in [-0.2, 0) is 18.0 Å². The van der Waals surface area contributed by atoms with E-state index >= 15 is 0 Å². The summed E-state index contributed by atoms with van der Waals surface area (Å²) in [5, 5.41) is 2.47. The fourth-order valence-corrected chi connectivity index (χ4v) is 10.4. The van der Waals surface area contributed by atoms with Crippen molar-refractivity contribution < 1.29 is 18.0 Å². The van der Waals surface area contributed by atoms with Gasteiger partial charge in [0.1, 0.15) is 0 Å². The van der Waals surface area contributed by atoms with Crippen molar-refractivity contribution in [2.24, 2.45) is 5.41 Å². The Balaban J connectivity index is 1.95. The Bertz CT molecular complexity index is 884. The Morgan fingerprint density at radius 2 is 1.38 bits per heavy atom. The molecule has 174 valence electrons. The molecule has 1 fully saturated rings. The molecule has 0 radical (unpaired) electrons. The van der Waals surface area contributed by atoms with Gasteiger partial charge in [0.25, 0.3) is 8.32 Å². The van der Waals surface area contributed by atoms with E-state index in [1.165, 1.54) is 10.4 Å². The van der Waals surface area contributed by atoms with Crippen molar-refractivity contribution in [2.45, 2.75) is 52.5 Å². The molecule has 1 saturated carbocycles. The minimum Gasteiger partial charge on any atom is -0.407 e. The van der Waals surface area contributed by atoms with E-state index in [1.54, 1.807) is 5.82 Å². The van der Waals surface area contributed by atoms with E-state index in [4.69, 9.17) is 13.5 Å². The van der Waals surface area contributed by atoms with Gasteiger partial charge in [-0.1, -0.05) is 87.5 Å². The van der Waals surface area contributed by atoms with Crippen LogP contribution in [0, 0.1) is 5.41 Å². The third kappa shape index (κ3) is 5.52. The Labute approximate surface area is 194 Å². The Hall–Kier alpha value is -1.49. The Kier molecular flexibility index (Phi) is 8.00. The van der Waals surface area contributed by atoms with Crippen LogP contribution in [-0.4, -0.2) is 28.1 Å². The third-order valence-electron chi connectivity index (χ3n) is 6.11. The first-order valence-corrected chi connectivity index (χ1v) is 15.1. The molecular formula is C26H37O4PSi. The van der Waals surface area contributed by atoms with Crippen LogP contribution in [0.1, 0.15) is 47.5 Å². The maximum Gasteiger partial charge on any atom is 0.353 e. The van der Waals surface area contributed by atoms with Gasteiger partial charge in [-0.15, -0.1) is 0 Å². The van der Waals surface area contributed by atoms with Crippen LogP contribution >= 0.6 is 7.60 Å². The third-order valence-corrected chi connectivity index (χ3v) is 12.8. The van der Waals surface area contributed by atoms with E-state index in [0.29, 0.717) is 19.8 Å². The van der Waals surface area contributed by atoms with Gasteiger partial charge in [0, 0.05) is 17.8 Å². The van der Waals surface area contributed by atoms with Gasteiger partial charge >= 0.3 is 7.60 Å². The molecule has 0 N–H and O–H groups in total. The van der Waals surface area contributed by atoms with Gasteiger partial charge in [0.2, 0.25) is 0 Å². The summed E-state index contributed by atoms with van der Waals surface area (Å²) in [4.78, 5) is 0. The highest BCUT2D eigenvalue weighted by Gasteiger charge is 2.52. The standard InChI is InChI=1S/C26H37O4PSi/c1-6-28-31(27,29-7-2)21-20-26(18-19-26)22-30-32(25(3,4)5,23-14-10-8-11-15-23)24-16-12-9-13-17-24/h8-17,20-21H,6-7,18-19,22H2,1-5H3. The minimum atomic E-state index is -3.21. The average molecular weight is 473 g/mol. The first kappa shape index (κ1) is 25.1. The fourth-order valence-electron chi connectivity index (χ4n) is 4.27. The summed E-state index contributed by atoms with van der Waals surface area (Å²) >= 11 is 0. The largest absolute Gasteiger partial charge is 0.407 e. The molecule has 3 rings (SSSR count). The van der Waals surface area contributed by atoms with E-state index in [2.05, 4.69) is 81.4 Å². The predicted molar refractivity (Wildman–Crippen MR) is 135 cm³/mol. The molecule has 4 nitrogen and oxygen atoms in total. The van der Waals surface area contributed by atoms with E-state index in [-0.39, 0.29) is 10.5 Å². The van der Waals surface area contributed by atoms with Gasteiger partial charge in [-0.05, 0) is 42.1 Å². The van der Waals surface area contributed by atoms with Crippen LogP contribution in [0.15, 0.2) is 72.6 Å². The van der Waals surface area contributed by atoms with Gasteiger partial charge < -0.3 is 13.5 Å². The lowest BCUT2D eigenvalue weighted by Crippen LogP contribution is -2.67. The molecule has 1 aliphatic carbocycles. The SMILES string of the molecule is CCOP(=O)(C=CC1(CO[Si](c2ccccc2)(c2ccccc2)C(C)(C)C)CC1)OCC. The first-order chi connectivity index (χ1) is 15.2. The summed E-state index contributed by atoms with van der Waals surface area (Å²) in [5.41, 5.74) is -0.114. The topological polar surface area (TPSA) is 44.8 Å². The van der Waals surface area contributed by atoms with E-state index < -0.39 is 15.9 Å². The Morgan fingerprint density at radius 3 is 1.75 bits per heavy atom. The van der Waals surface area contributed by atoms with Crippen LogP contribution < -0.4 is 10.4 Å². The van der Waals surface area contributed by atoms with E-state index in [0.717, 1.165) is 12.8 Å². The molecule has 2 aromatic carbocycles. The molecule has 0 atom stereocenters. The summed E-state index contributed by atoms with van der Waals surface area (Å²) < 4.78 is 30.9. The molecule has 0 bridgehead atoms. The second-order valence-electron chi connectivity index (χ2n) is 9.51. The van der Waals surface area contributed by atoms with Crippen LogP contribution in [0.25, 0.3) is 0 Å². The zero-order valence-corrected chi connectivity index (χ0v) is 21.9. The molecule has 0 unspecified atom stereocenters. The maximum atomic E-state index is 12.9. The zero-order chi connectivity index (χ0) is 23.3. The number of rotatable bonds is 11. The highest BCUT2D eigenvalue weighted by molar-refractivity contribution is 7.57. The minimum absolute atomic E-state index is 0.0680. The van der Waals surface area contributed by atoms with Gasteiger partial charge in [0.05, 0.1) is 13.2 Å². The van der Waals surface area contributed by atoms with Crippen LogP contribution in [0.5, 0.6) is 0 Å². The quantitative estimate of drug-likeness (QED) is 0.292. The predicted octanol–water partition coefficient (Wildman–Crippen LogP) is 6.12. The number of hydrogen-bond acceptors (Lipinski definition) is 4. The summed E-state index contributed by atoms with van der Waals surface area (Å²) in [6.07, 6.45) is 4.05. The number of benzene rings is 2. The highest BCUT2D eigenvalue weighted by atomic mass is 31.2. The van der Waals surface area contributed by atoms with Crippen molar-refractivity contribution in [3.8, 4) is 0 Å². The van der Waals surface area contributed by atoms with Gasteiger partial charge in [-0.3, -0.25) is 4.57 Å². The van der Waals surface area contributed by atoms with Crippen LogP contribution in [0.4, 0.5) is 0 Å². The van der Waals surface area contributed by atoms with Gasteiger partial charge in [-0.2, -0.15) is 0 Å².